The van der Waals surface area contributed by atoms with E-state index < -0.39 is 0 Å². The molecule has 2 rings (SSSR count). The van der Waals surface area contributed by atoms with Crippen LogP contribution in [0, 0.1) is 10.1 Å². The summed E-state index contributed by atoms with van der Waals surface area (Å²) in [4.78, 5) is 50.8. The first-order valence-corrected chi connectivity index (χ1v) is 7.39. The molecule has 0 atom stereocenters. The second-order valence-electron chi connectivity index (χ2n) is 4.74. The van der Waals surface area contributed by atoms with Crippen LogP contribution in [0.3, 0.4) is 0 Å². The normalized spacial score (nSPS) is 14.0. The van der Waals surface area contributed by atoms with Gasteiger partial charge in [-0.05, 0) is 38.3 Å². The fourth-order valence-electron chi connectivity index (χ4n) is 1.99. The number of hydrogen-bond acceptors (Lipinski definition) is 8. The van der Waals surface area contributed by atoms with Crippen LogP contribution in [0.25, 0.3) is 0 Å². The van der Waals surface area contributed by atoms with Crippen molar-refractivity contribution in [3.63, 3.8) is 0 Å². The van der Waals surface area contributed by atoms with E-state index in [0.717, 1.165) is 25.0 Å². The number of allylic oxidation sites excluding steroid dienone is 2. The van der Waals surface area contributed by atoms with Gasteiger partial charge >= 0.3 is 12.3 Å². The van der Waals surface area contributed by atoms with Gasteiger partial charge < -0.3 is 0 Å². The van der Waals surface area contributed by atoms with Gasteiger partial charge in [0.25, 0.3) is 5.70 Å². The van der Waals surface area contributed by atoms with E-state index in [9.17, 15) is 10.1 Å². The zero-order chi connectivity index (χ0) is 19.8. The fraction of sp³-hybridized carbons (Fsp3) is 0.500. The number of nitrogens with zero attached hydrogens (tertiary/aromatic N) is 3. The summed E-state index contributed by atoms with van der Waals surface area (Å²) in [5.74, 6) is 0. The van der Waals surface area contributed by atoms with Crippen molar-refractivity contribution in [3.8, 4) is 0 Å². The summed E-state index contributed by atoms with van der Waals surface area (Å²) < 4.78 is 0. The third-order valence-electron chi connectivity index (χ3n) is 3.19. The van der Waals surface area contributed by atoms with Gasteiger partial charge in [-0.1, -0.05) is 13.8 Å². The van der Waals surface area contributed by atoms with E-state index >= 15 is 0 Å². The molecule has 0 saturated carbocycles. The van der Waals surface area contributed by atoms with Gasteiger partial charge in [0.2, 0.25) is 0 Å². The van der Waals surface area contributed by atoms with Gasteiger partial charge in [-0.2, -0.15) is 19.2 Å². The van der Waals surface area contributed by atoms with Crippen molar-refractivity contribution in [2.24, 2.45) is 9.98 Å². The number of nitro groups is 1. The van der Waals surface area contributed by atoms with Crippen molar-refractivity contribution in [3.05, 3.63) is 33.0 Å². The summed E-state index contributed by atoms with van der Waals surface area (Å²) in [6.45, 7) is 9.26. The van der Waals surface area contributed by atoms with Crippen molar-refractivity contribution >= 4 is 23.7 Å². The molecule has 25 heavy (non-hydrogen) atoms. The van der Waals surface area contributed by atoms with Crippen LogP contribution in [-0.4, -0.2) is 41.7 Å². The van der Waals surface area contributed by atoms with Crippen LogP contribution in [-0.2, 0) is 19.2 Å². The Labute approximate surface area is 145 Å². The Balaban J connectivity index is 0. The van der Waals surface area contributed by atoms with Gasteiger partial charge in [0, 0.05) is 11.3 Å². The largest absolute Gasteiger partial charge is 0.373 e. The molecule has 0 spiro atoms. The molecule has 0 radical (unpaired) electrons. The zero-order valence-corrected chi connectivity index (χ0v) is 14.7. The Hall–Kier alpha value is -3.02. The van der Waals surface area contributed by atoms with E-state index in [1.54, 1.807) is 6.92 Å². The Morgan fingerprint density at radius 2 is 1.56 bits per heavy atom. The lowest BCUT2D eigenvalue weighted by Crippen LogP contribution is -2.06. The fourth-order valence-corrected chi connectivity index (χ4v) is 1.99. The number of carbonyl (C=O) groups excluding carboxylic acids is 4. The minimum atomic E-state index is -0.343. The lowest BCUT2D eigenvalue weighted by atomic mass is 10.1. The van der Waals surface area contributed by atoms with Gasteiger partial charge in [0.1, 0.15) is 5.71 Å². The maximum atomic E-state index is 10.4. The molecule has 0 unspecified atom stereocenters. The third-order valence-corrected chi connectivity index (χ3v) is 3.19. The topological polar surface area (TPSA) is 136 Å². The number of aliphatic imine (C=N–C) groups is 2. The van der Waals surface area contributed by atoms with Crippen LogP contribution < -0.4 is 0 Å². The lowest BCUT2D eigenvalue weighted by Gasteiger charge is -1.94. The quantitative estimate of drug-likeness (QED) is 0.563. The van der Waals surface area contributed by atoms with Crippen LogP contribution in [0.1, 0.15) is 40.5 Å². The third kappa shape index (κ3) is 10.4. The molecule has 0 fully saturated rings. The van der Waals surface area contributed by atoms with Crippen LogP contribution in [0.15, 0.2) is 32.9 Å². The molecule has 0 aliphatic carbocycles. The SMILES string of the molecule is CCC1=C([N+](=O)[O-])C(C)=NC1.CCC1=CC(C)=NC1.O=C=O.O=C=O. The van der Waals surface area contributed by atoms with E-state index in [-0.39, 0.29) is 22.9 Å². The molecule has 0 N–H and O–H groups in total. The Morgan fingerprint density at radius 3 is 1.80 bits per heavy atom. The van der Waals surface area contributed by atoms with Gasteiger partial charge in [0.15, 0.2) is 0 Å². The van der Waals surface area contributed by atoms with Crippen molar-refractivity contribution in [1.29, 1.82) is 0 Å². The highest BCUT2D eigenvalue weighted by molar-refractivity contribution is 5.98. The molecular weight excluding hydrogens is 330 g/mol. The number of hydrogen-bond donors (Lipinski definition) is 0. The molecule has 2 aliphatic rings. The summed E-state index contributed by atoms with van der Waals surface area (Å²) in [5.41, 5.74) is 4.27. The highest BCUT2D eigenvalue weighted by Crippen LogP contribution is 2.17. The maximum absolute atomic E-state index is 10.4. The van der Waals surface area contributed by atoms with Gasteiger partial charge in [-0.25, -0.2) is 0 Å². The minimum Gasteiger partial charge on any atom is -0.286 e. The monoisotopic (exact) mass is 351 g/mol. The molecule has 0 bridgehead atoms. The van der Waals surface area contributed by atoms with E-state index in [0.29, 0.717) is 12.3 Å². The van der Waals surface area contributed by atoms with Crippen molar-refractivity contribution < 1.29 is 24.1 Å². The van der Waals surface area contributed by atoms with Gasteiger partial charge in [0.05, 0.1) is 18.0 Å². The van der Waals surface area contributed by atoms with Crippen LogP contribution in [0.2, 0.25) is 0 Å². The van der Waals surface area contributed by atoms with E-state index in [4.69, 9.17) is 19.2 Å². The lowest BCUT2D eigenvalue weighted by molar-refractivity contribution is -0.415. The predicted octanol–water partition coefficient (Wildman–Crippen LogP) is 2.03. The van der Waals surface area contributed by atoms with Crippen LogP contribution in [0.4, 0.5) is 0 Å². The Kier molecular flexibility index (Phi) is 14.1. The summed E-state index contributed by atoms with van der Waals surface area (Å²) in [6.07, 6.45) is 4.54. The highest BCUT2D eigenvalue weighted by atomic mass is 16.6. The standard InChI is InChI=1S/C7H10N2O2.C7H11N.2CO2/c1-3-6-4-8-5(2)7(6)9(10)11;1-3-7-4-6(2)8-5-7;2*2-1-3/h3-4H2,1-2H3;4H,3,5H2,1-2H3;;. The van der Waals surface area contributed by atoms with E-state index in [1.807, 2.05) is 13.8 Å². The van der Waals surface area contributed by atoms with Crippen LogP contribution in [0.5, 0.6) is 0 Å². The molecule has 9 heteroatoms. The Bertz CT molecular complexity index is 635. The summed E-state index contributed by atoms with van der Waals surface area (Å²) in [7, 11) is 0. The smallest absolute Gasteiger partial charge is 0.286 e. The molecule has 0 aromatic carbocycles. The minimum absolute atomic E-state index is 0.229. The first-order valence-electron chi connectivity index (χ1n) is 7.39. The average Bonchev–Trinajstić information content (AvgIpc) is 3.14. The second kappa shape index (κ2) is 14.6. The van der Waals surface area contributed by atoms with Crippen LogP contribution >= 0.6 is 0 Å². The first kappa shape index (κ1) is 24.2. The average molecular weight is 351 g/mol. The summed E-state index contributed by atoms with van der Waals surface area (Å²) >= 11 is 0. The van der Waals surface area contributed by atoms with E-state index in [2.05, 4.69) is 23.0 Å². The molecule has 2 aliphatic heterocycles. The molecule has 0 amide bonds. The van der Waals surface area contributed by atoms with Crippen molar-refractivity contribution in [1.82, 2.24) is 0 Å². The summed E-state index contributed by atoms with van der Waals surface area (Å²) in [6, 6.07) is 0. The first-order chi connectivity index (χ1) is 11.8. The van der Waals surface area contributed by atoms with Crippen molar-refractivity contribution in [2.75, 3.05) is 13.1 Å². The molecular formula is C16H21N3O6. The Morgan fingerprint density at radius 1 is 1.04 bits per heavy atom. The molecule has 136 valence electrons. The maximum Gasteiger partial charge on any atom is 0.373 e. The number of rotatable bonds is 3. The second-order valence-corrected chi connectivity index (χ2v) is 4.74. The van der Waals surface area contributed by atoms with E-state index in [1.165, 1.54) is 11.3 Å². The summed E-state index contributed by atoms with van der Waals surface area (Å²) in [5, 5.41) is 10.4. The predicted molar refractivity (Wildman–Crippen MR) is 88.7 cm³/mol. The molecule has 0 saturated heterocycles. The molecule has 2 heterocycles. The molecule has 0 aromatic heterocycles. The van der Waals surface area contributed by atoms with Gasteiger partial charge in [-0.3, -0.25) is 20.1 Å². The molecule has 0 aromatic rings. The van der Waals surface area contributed by atoms with Crippen molar-refractivity contribution in [2.45, 2.75) is 40.5 Å². The van der Waals surface area contributed by atoms with Gasteiger partial charge in [-0.15, -0.1) is 0 Å². The zero-order valence-electron chi connectivity index (χ0n) is 14.7. The highest BCUT2D eigenvalue weighted by Gasteiger charge is 2.24. The molecule has 9 nitrogen and oxygen atoms in total.